The molecule has 0 radical (unpaired) electrons. The summed E-state index contributed by atoms with van der Waals surface area (Å²) in [7, 11) is -3.34. The third-order valence-electron chi connectivity index (χ3n) is 4.80. The van der Waals surface area contributed by atoms with Crippen molar-refractivity contribution < 1.29 is 23.0 Å². The molecule has 1 aliphatic heterocycles. The number of hydrogen-bond acceptors (Lipinski definition) is 6. The van der Waals surface area contributed by atoms with Gasteiger partial charge in [0.1, 0.15) is 17.1 Å². The van der Waals surface area contributed by atoms with Crippen molar-refractivity contribution in [2.24, 2.45) is 0 Å². The van der Waals surface area contributed by atoms with E-state index in [0.29, 0.717) is 31.9 Å². The summed E-state index contributed by atoms with van der Waals surface area (Å²) >= 11 is 0. The van der Waals surface area contributed by atoms with E-state index in [1.165, 1.54) is 10.6 Å². The highest BCUT2D eigenvalue weighted by molar-refractivity contribution is 7.88. The van der Waals surface area contributed by atoms with Gasteiger partial charge in [0.05, 0.1) is 25.5 Å². The Bertz CT molecular complexity index is 736. The summed E-state index contributed by atoms with van der Waals surface area (Å²) in [5.74, 6) is 1.43. The smallest absolute Gasteiger partial charge is 0.211 e. The van der Waals surface area contributed by atoms with Gasteiger partial charge in [-0.05, 0) is 51.4 Å². The van der Waals surface area contributed by atoms with Crippen molar-refractivity contribution in [2.75, 3.05) is 39.1 Å². The Morgan fingerprint density at radius 3 is 2.71 bits per heavy atom. The summed E-state index contributed by atoms with van der Waals surface area (Å²) in [6.45, 7) is 8.41. The molecule has 28 heavy (non-hydrogen) atoms. The molecule has 160 valence electrons. The first-order valence-corrected chi connectivity index (χ1v) is 11.8. The Hall–Kier alpha value is -1.35. The van der Waals surface area contributed by atoms with Crippen LogP contribution in [-0.4, -0.2) is 62.5 Å². The second-order valence-corrected chi connectivity index (χ2v) is 9.71. The van der Waals surface area contributed by atoms with Gasteiger partial charge in [0, 0.05) is 25.1 Å². The maximum Gasteiger partial charge on any atom is 0.211 e. The largest absolute Gasteiger partial charge is 0.494 e. The first-order valence-electron chi connectivity index (χ1n) is 9.92. The van der Waals surface area contributed by atoms with Gasteiger partial charge in [-0.25, -0.2) is 8.42 Å². The van der Waals surface area contributed by atoms with Crippen LogP contribution in [0.1, 0.15) is 51.6 Å². The average molecular weight is 415 g/mol. The fourth-order valence-corrected chi connectivity index (χ4v) is 4.69. The first-order chi connectivity index (χ1) is 13.2. The minimum Gasteiger partial charge on any atom is -0.494 e. The molecule has 1 aromatic rings. The SMILES string of the molecule is CCN(C1CC(C)(C)Oc2ccc(OCCCCNCCO)cc21)S(C)(=O)=O. The number of aliphatic hydroxyl groups excluding tert-OH is 1. The van der Waals surface area contributed by atoms with Crippen LogP contribution in [0.4, 0.5) is 0 Å². The lowest BCUT2D eigenvalue weighted by molar-refractivity contribution is 0.0510. The van der Waals surface area contributed by atoms with Crippen LogP contribution >= 0.6 is 0 Å². The molecule has 0 aliphatic carbocycles. The summed E-state index contributed by atoms with van der Waals surface area (Å²) in [6.07, 6.45) is 3.69. The molecule has 0 saturated carbocycles. The topological polar surface area (TPSA) is 88.1 Å². The van der Waals surface area contributed by atoms with E-state index in [1.807, 2.05) is 39.0 Å². The third kappa shape index (κ3) is 6.34. The van der Waals surface area contributed by atoms with Crippen LogP contribution in [0.2, 0.25) is 0 Å². The van der Waals surface area contributed by atoms with Gasteiger partial charge in [0.2, 0.25) is 10.0 Å². The molecule has 0 bridgehead atoms. The zero-order valence-electron chi connectivity index (χ0n) is 17.4. The van der Waals surface area contributed by atoms with Crippen molar-refractivity contribution in [2.45, 2.75) is 51.7 Å². The molecule has 7 nitrogen and oxygen atoms in total. The second kappa shape index (κ2) is 9.91. The fraction of sp³-hybridized carbons (Fsp3) is 0.700. The molecule has 0 spiro atoms. The van der Waals surface area contributed by atoms with E-state index in [1.54, 1.807) is 0 Å². The molecule has 1 atom stereocenters. The Balaban J connectivity index is 2.11. The molecule has 8 heteroatoms. The van der Waals surface area contributed by atoms with Crippen molar-refractivity contribution in [3.05, 3.63) is 23.8 Å². The monoisotopic (exact) mass is 414 g/mol. The zero-order valence-corrected chi connectivity index (χ0v) is 18.2. The highest BCUT2D eigenvalue weighted by atomic mass is 32.2. The summed E-state index contributed by atoms with van der Waals surface area (Å²) in [4.78, 5) is 0. The third-order valence-corrected chi connectivity index (χ3v) is 6.17. The van der Waals surface area contributed by atoms with E-state index in [2.05, 4.69) is 5.32 Å². The van der Waals surface area contributed by atoms with Crippen LogP contribution < -0.4 is 14.8 Å². The summed E-state index contributed by atoms with van der Waals surface area (Å²) in [5.41, 5.74) is 0.411. The van der Waals surface area contributed by atoms with Gasteiger partial charge in [-0.2, -0.15) is 4.31 Å². The van der Waals surface area contributed by atoms with E-state index in [0.717, 1.165) is 30.7 Å². The normalized spacial score (nSPS) is 18.6. The first kappa shape index (κ1) is 22.9. The van der Waals surface area contributed by atoms with Crippen LogP contribution in [0.3, 0.4) is 0 Å². The van der Waals surface area contributed by atoms with Gasteiger partial charge in [0.15, 0.2) is 0 Å². The fourth-order valence-electron chi connectivity index (χ4n) is 3.57. The number of aliphatic hydroxyl groups is 1. The Labute approximate surface area is 169 Å². The van der Waals surface area contributed by atoms with Crippen LogP contribution in [0, 0.1) is 0 Å². The Kier molecular flexibility index (Phi) is 8.12. The minimum atomic E-state index is -3.34. The second-order valence-electron chi connectivity index (χ2n) is 7.78. The highest BCUT2D eigenvalue weighted by Crippen LogP contribution is 2.44. The number of fused-ring (bicyclic) bond motifs is 1. The van der Waals surface area contributed by atoms with Crippen molar-refractivity contribution >= 4 is 10.0 Å². The predicted molar refractivity (Wildman–Crippen MR) is 110 cm³/mol. The Morgan fingerprint density at radius 2 is 2.07 bits per heavy atom. The summed E-state index contributed by atoms with van der Waals surface area (Å²) < 4.78 is 38.1. The standard InChI is InChI=1S/C20H34N2O5S/c1-5-22(28(4,24)25)18-15-20(2,3)27-19-9-8-16(14-17(18)19)26-13-7-6-10-21-11-12-23/h8-9,14,18,21,23H,5-7,10-13,15H2,1-4H3. The van der Waals surface area contributed by atoms with Crippen LogP contribution in [0.5, 0.6) is 11.5 Å². The lowest BCUT2D eigenvalue weighted by Gasteiger charge is -2.41. The molecular formula is C20H34N2O5S. The molecule has 1 unspecified atom stereocenters. The van der Waals surface area contributed by atoms with Crippen molar-refractivity contribution in [3.8, 4) is 11.5 Å². The Morgan fingerprint density at radius 1 is 1.32 bits per heavy atom. The van der Waals surface area contributed by atoms with Gasteiger partial charge in [-0.1, -0.05) is 6.92 Å². The molecule has 0 amide bonds. The molecule has 1 aliphatic rings. The van der Waals surface area contributed by atoms with Crippen molar-refractivity contribution in [1.82, 2.24) is 9.62 Å². The molecule has 0 saturated heterocycles. The van der Waals surface area contributed by atoms with Gasteiger partial charge in [0.25, 0.3) is 0 Å². The number of hydrogen-bond donors (Lipinski definition) is 2. The minimum absolute atomic E-state index is 0.147. The number of sulfonamides is 1. The van der Waals surface area contributed by atoms with Crippen molar-refractivity contribution in [3.63, 3.8) is 0 Å². The van der Waals surface area contributed by atoms with E-state index in [9.17, 15) is 8.42 Å². The number of benzene rings is 1. The highest BCUT2D eigenvalue weighted by Gasteiger charge is 2.39. The molecular weight excluding hydrogens is 380 g/mol. The maximum absolute atomic E-state index is 12.3. The van der Waals surface area contributed by atoms with Crippen LogP contribution in [0.15, 0.2) is 18.2 Å². The quantitative estimate of drug-likeness (QED) is 0.540. The maximum atomic E-state index is 12.3. The lowest BCUT2D eigenvalue weighted by Crippen LogP contribution is -2.43. The molecule has 2 rings (SSSR count). The molecule has 0 fully saturated rings. The predicted octanol–water partition coefficient (Wildman–Crippen LogP) is 2.31. The van der Waals surface area contributed by atoms with Crippen molar-refractivity contribution in [1.29, 1.82) is 0 Å². The molecule has 0 aromatic heterocycles. The van der Waals surface area contributed by atoms with Crippen LogP contribution in [0.25, 0.3) is 0 Å². The molecule has 1 aromatic carbocycles. The van der Waals surface area contributed by atoms with Gasteiger partial charge in [-0.15, -0.1) is 0 Å². The van der Waals surface area contributed by atoms with E-state index in [-0.39, 0.29) is 12.6 Å². The van der Waals surface area contributed by atoms with E-state index < -0.39 is 15.6 Å². The number of ether oxygens (including phenoxy) is 2. The van der Waals surface area contributed by atoms with Gasteiger partial charge < -0.3 is 19.9 Å². The number of unbranched alkanes of at least 4 members (excludes halogenated alkanes) is 1. The van der Waals surface area contributed by atoms with E-state index >= 15 is 0 Å². The average Bonchev–Trinajstić information content (AvgIpc) is 2.60. The molecule has 2 N–H and O–H groups in total. The lowest BCUT2D eigenvalue weighted by atomic mass is 9.89. The number of rotatable bonds is 11. The van der Waals surface area contributed by atoms with Gasteiger partial charge in [-0.3, -0.25) is 0 Å². The number of nitrogens with one attached hydrogen (secondary N) is 1. The zero-order chi connectivity index (χ0) is 20.8. The molecule has 1 heterocycles. The summed E-state index contributed by atoms with van der Waals surface area (Å²) in [5, 5.41) is 11.9. The van der Waals surface area contributed by atoms with Gasteiger partial charge >= 0.3 is 0 Å². The van der Waals surface area contributed by atoms with E-state index in [4.69, 9.17) is 14.6 Å². The van der Waals surface area contributed by atoms with Crippen LogP contribution in [-0.2, 0) is 10.0 Å². The number of nitrogens with zero attached hydrogens (tertiary/aromatic N) is 1. The summed E-state index contributed by atoms with van der Waals surface area (Å²) in [6, 6.07) is 5.38.